The van der Waals surface area contributed by atoms with Crippen LogP contribution in [0.3, 0.4) is 0 Å². The molecule has 0 aliphatic heterocycles. The molecule has 2 aromatic carbocycles. The molecule has 27 heavy (non-hydrogen) atoms. The average molecular weight is 374 g/mol. The molecule has 4 rings (SSSR count). The summed E-state index contributed by atoms with van der Waals surface area (Å²) in [6, 6.07) is 6.62. The summed E-state index contributed by atoms with van der Waals surface area (Å²) in [6.07, 6.45) is 6.43. The SMILES string of the molecule is CCCCCOc1ccc2c(oc3c(F)c(OCC4CCC4)ccc32)c1F. The van der Waals surface area contributed by atoms with E-state index < -0.39 is 11.6 Å². The quantitative estimate of drug-likeness (QED) is 0.416. The zero-order chi connectivity index (χ0) is 18.8. The van der Waals surface area contributed by atoms with Crippen molar-refractivity contribution >= 4 is 21.9 Å². The fraction of sp³-hybridized carbons (Fsp3) is 0.455. The molecule has 1 saturated carbocycles. The highest BCUT2D eigenvalue weighted by atomic mass is 19.1. The molecule has 0 N–H and O–H groups in total. The largest absolute Gasteiger partial charge is 0.490 e. The third-order valence-corrected chi connectivity index (χ3v) is 5.32. The van der Waals surface area contributed by atoms with Crippen LogP contribution in [0.5, 0.6) is 11.5 Å². The van der Waals surface area contributed by atoms with Crippen molar-refractivity contribution in [3.63, 3.8) is 0 Å². The van der Waals surface area contributed by atoms with Gasteiger partial charge in [-0.1, -0.05) is 26.2 Å². The predicted octanol–water partition coefficient (Wildman–Crippen LogP) is 6.61. The lowest BCUT2D eigenvalue weighted by Crippen LogP contribution is -2.19. The van der Waals surface area contributed by atoms with Crippen molar-refractivity contribution in [3.8, 4) is 11.5 Å². The highest BCUT2D eigenvalue weighted by Crippen LogP contribution is 2.38. The van der Waals surface area contributed by atoms with Crippen molar-refractivity contribution in [3.05, 3.63) is 35.9 Å². The standard InChI is InChI=1S/C22H24F2O3/c1-2-3-4-12-25-17-10-8-15-16-9-11-18(26-13-14-6-5-7-14)20(24)22(16)27-21(15)19(17)23/h8-11,14H,2-7,12-13H2,1H3. The first-order chi connectivity index (χ1) is 13.2. The van der Waals surface area contributed by atoms with Gasteiger partial charge in [-0.3, -0.25) is 0 Å². The Morgan fingerprint density at radius 2 is 1.56 bits per heavy atom. The van der Waals surface area contributed by atoms with Crippen LogP contribution in [-0.2, 0) is 0 Å². The van der Waals surface area contributed by atoms with Gasteiger partial charge in [0.15, 0.2) is 22.7 Å². The van der Waals surface area contributed by atoms with Gasteiger partial charge < -0.3 is 13.9 Å². The van der Waals surface area contributed by atoms with E-state index in [1.807, 2.05) is 0 Å². The van der Waals surface area contributed by atoms with E-state index in [0.29, 0.717) is 29.9 Å². The van der Waals surface area contributed by atoms with Gasteiger partial charge in [0.1, 0.15) is 0 Å². The molecule has 0 amide bonds. The Labute approximate surface area is 157 Å². The van der Waals surface area contributed by atoms with Gasteiger partial charge in [0.05, 0.1) is 13.2 Å². The predicted molar refractivity (Wildman–Crippen MR) is 101 cm³/mol. The van der Waals surface area contributed by atoms with Gasteiger partial charge in [-0.2, -0.15) is 8.78 Å². The Hall–Kier alpha value is -2.30. The second-order valence-electron chi connectivity index (χ2n) is 7.27. The molecule has 0 unspecified atom stereocenters. The van der Waals surface area contributed by atoms with Crippen LogP contribution in [-0.4, -0.2) is 13.2 Å². The molecule has 0 spiro atoms. The summed E-state index contributed by atoms with van der Waals surface area (Å²) >= 11 is 0. The number of furan rings is 1. The van der Waals surface area contributed by atoms with E-state index in [4.69, 9.17) is 13.9 Å². The van der Waals surface area contributed by atoms with Crippen molar-refractivity contribution in [2.45, 2.75) is 45.4 Å². The molecule has 3 nitrogen and oxygen atoms in total. The summed E-state index contributed by atoms with van der Waals surface area (Å²) in [6.45, 7) is 3.05. The lowest BCUT2D eigenvalue weighted by atomic mass is 9.86. The van der Waals surface area contributed by atoms with Crippen LogP contribution in [0.15, 0.2) is 28.7 Å². The number of fused-ring (bicyclic) bond motifs is 3. The van der Waals surface area contributed by atoms with Crippen LogP contribution in [0.2, 0.25) is 0 Å². The average Bonchev–Trinajstić information content (AvgIpc) is 3.01. The van der Waals surface area contributed by atoms with E-state index in [1.165, 1.54) is 6.42 Å². The minimum Gasteiger partial charge on any atom is -0.490 e. The number of rotatable bonds is 8. The maximum absolute atomic E-state index is 14.8. The molecular formula is C22H24F2O3. The highest BCUT2D eigenvalue weighted by Gasteiger charge is 2.22. The second kappa shape index (κ2) is 7.75. The maximum atomic E-state index is 14.8. The molecule has 0 bridgehead atoms. The van der Waals surface area contributed by atoms with Gasteiger partial charge in [0.2, 0.25) is 11.6 Å². The zero-order valence-corrected chi connectivity index (χ0v) is 15.5. The van der Waals surface area contributed by atoms with E-state index in [9.17, 15) is 8.78 Å². The van der Waals surface area contributed by atoms with E-state index in [2.05, 4.69) is 6.92 Å². The Morgan fingerprint density at radius 3 is 2.11 bits per heavy atom. The zero-order valence-electron chi connectivity index (χ0n) is 15.5. The summed E-state index contributed by atoms with van der Waals surface area (Å²) in [5.41, 5.74) is 0.0474. The third kappa shape index (κ3) is 3.47. The number of halogens is 2. The molecule has 5 heteroatoms. The Morgan fingerprint density at radius 1 is 0.926 bits per heavy atom. The number of hydrogen-bond acceptors (Lipinski definition) is 3. The van der Waals surface area contributed by atoms with Crippen LogP contribution in [0, 0.1) is 17.6 Å². The molecule has 0 saturated heterocycles. The minimum atomic E-state index is -0.587. The molecule has 3 aromatic rings. The molecule has 0 atom stereocenters. The Kier molecular flexibility index (Phi) is 5.19. The van der Waals surface area contributed by atoms with Crippen LogP contribution < -0.4 is 9.47 Å². The first kappa shape index (κ1) is 18.1. The van der Waals surface area contributed by atoms with Gasteiger partial charge in [0, 0.05) is 10.8 Å². The van der Waals surface area contributed by atoms with Crippen LogP contribution in [0.4, 0.5) is 8.78 Å². The van der Waals surface area contributed by atoms with Crippen molar-refractivity contribution in [1.82, 2.24) is 0 Å². The summed E-state index contributed by atoms with van der Waals surface area (Å²) in [5, 5.41) is 1.07. The van der Waals surface area contributed by atoms with Gasteiger partial charge in [0.25, 0.3) is 0 Å². The van der Waals surface area contributed by atoms with Gasteiger partial charge >= 0.3 is 0 Å². The van der Waals surface area contributed by atoms with Crippen molar-refractivity contribution in [2.75, 3.05) is 13.2 Å². The molecule has 1 aliphatic carbocycles. The highest BCUT2D eigenvalue weighted by molar-refractivity contribution is 6.06. The lowest BCUT2D eigenvalue weighted by Gasteiger charge is -2.25. The molecule has 144 valence electrons. The van der Waals surface area contributed by atoms with Crippen molar-refractivity contribution < 1.29 is 22.7 Å². The smallest absolute Gasteiger partial charge is 0.208 e. The van der Waals surface area contributed by atoms with Crippen LogP contribution in [0.25, 0.3) is 21.9 Å². The number of benzene rings is 2. The van der Waals surface area contributed by atoms with E-state index >= 15 is 0 Å². The normalized spacial score (nSPS) is 14.6. The second-order valence-corrected chi connectivity index (χ2v) is 7.27. The maximum Gasteiger partial charge on any atom is 0.208 e. The minimum absolute atomic E-state index is 0.0213. The molecule has 1 aromatic heterocycles. The molecule has 1 aliphatic rings. The summed E-state index contributed by atoms with van der Waals surface area (Å²) in [7, 11) is 0. The van der Waals surface area contributed by atoms with Crippen molar-refractivity contribution in [1.29, 1.82) is 0 Å². The van der Waals surface area contributed by atoms with E-state index in [0.717, 1.165) is 32.1 Å². The molecule has 1 heterocycles. The Bertz CT molecular complexity index is 944. The van der Waals surface area contributed by atoms with Crippen LogP contribution >= 0.6 is 0 Å². The van der Waals surface area contributed by atoms with Crippen LogP contribution in [0.1, 0.15) is 45.4 Å². The summed E-state index contributed by atoms with van der Waals surface area (Å²) in [4.78, 5) is 0. The lowest BCUT2D eigenvalue weighted by molar-refractivity contribution is 0.175. The summed E-state index contributed by atoms with van der Waals surface area (Å²) < 4.78 is 46.3. The van der Waals surface area contributed by atoms with E-state index in [1.54, 1.807) is 24.3 Å². The van der Waals surface area contributed by atoms with E-state index in [-0.39, 0.29) is 22.7 Å². The monoisotopic (exact) mass is 374 g/mol. The fourth-order valence-electron chi connectivity index (χ4n) is 3.43. The summed E-state index contributed by atoms with van der Waals surface area (Å²) in [5.74, 6) is -0.366. The first-order valence-corrected chi connectivity index (χ1v) is 9.78. The van der Waals surface area contributed by atoms with Crippen molar-refractivity contribution in [2.24, 2.45) is 5.92 Å². The molecule has 1 fully saturated rings. The fourth-order valence-corrected chi connectivity index (χ4v) is 3.43. The topological polar surface area (TPSA) is 31.6 Å². The third-order valence-electron chi connectivity index (χ3n) is 5.32. The Balaban J connectivity index is 1.62. The first-order valence-electron chi connectivity index (χ1n) is 9.78. The number of unbranched alkanes of at least 4 members (excludes halogenated alkanes) is 2. The number of hydrogen-bond donors (Lipinski definition) is 0. The molecule has 0 radical (unpaired) electrons. The van der Waals surface area contributed by atoms with Gasteiger partial charge in [-0.05, 0) is 49.4 Å². The van der Waals surface area contributed by atoms with Gasteiger partial charge in [-0.15, -0.1) is 0 Å². The molecular weight excluding hydrogens is 350 g/mol. The number of ether oxygens (including phenoxy) is 2. The van der Waals surface area contributed by atoms with Gasteiger partial charge in [-0.25, -0.2) is 0 Å².